The summed E-state index contributed by atoms with van der Waals surface area (Å²) in [4.78, 5) is 0. The molecular formula is C14H22BrNO3. The molecule has 0 atom stereocenters. The minimum absolute atomic E-state index is 0.0192. The molecule has 0 saturated carbocycles. The van der Waals surface area contributed by atoms with Gasteiger partial charge < -0.3 is 19.9 Å². The summed E-state index contributed by atoms with van der Waals surface area (Å²) in [5.41, 5.74) is 1.13. The third kappa shape index (κ3) is 5.38. The van der Waals surface area contributed by atoms with Crippen LogP contribution in [0.1, 0.15) is 26.3 Å². The van der Waals surface area contributed by atoms with E-state index in [0.29, 0.717) is 24.1 Å². The zero-order valence-corrected chi connectivity index (χ0v) is 13.3. The van der Waals surface area contributed by atoms with E-state index >= 15 is 0 Å². The van der Waals surface area contributed by atoms with Gasteiger partial charge in [-0.15, -0.1) is 0 Å². The summed E-state index contributed by atoms with van der Waals surface area (Å²) in [6.45, 7) is 7.73. The largest absolute Gasteiger partial charge is 0.490 e. The van der Waals surface area contributed by atoms with Gasteiger partial charge in [-0.3, -0.25) is 0 Å². The standard InChI is InChI=1S/C14H22BrNO3/c1-4-18-13-8-11(9-16-10(2)3)7-12(15)14(13)19-6-5-17/h7-8,10,16-17H,4-6,9H2,1-3H3. The Kier molecular flexibility index (Phi) is 7.20. The lowest BCUT2D eigenvalue weighted by molar-refractivity contribution is 0.193. The maximum absolute atomic E-state index is 8.85. The van der Waals surface area contributed by atoms with Crippen molar-refractivity contribution in [2.45, 2.75) is 33.4 Å². The lowest BCUT2D eigenvalue weighted by Crippen LogP contribution is -2.21. The van der Waals surface area contributed by atoms with Gasteiger partial charge in [-0.05, 0) is 40.5 Å². The van der Waals surface area contributed by atoms with Crippen LogP contribution in [0.3, 0.4) is 0 Å². The lowest BCUT2D eigenvalue weighted by atomic mass is 10.2. The summed E-state index contributed by atoms with van der Waals surface area (Å²) in [7, 11) is 0. The summed E-state index contributed by atoms with van der Waals surface area (Å²) >= 11 is 3.49. The molecule has 0 aliphatic rings. The first-order chi connectivity index (χ1) is 9.08. The fourth-order valence-corrected chi connectivity index (χ4v) is 2.20. The number of aliphatic hydroxyl groups is 1. The van der Waals surface area contributed by atoms with Crippen LogP contribution < -0.4 is 14.8 Å². The topological polar surface area (TPSA) is 50.7 Å². The summed E-state index contributed by atoms with van der Waals surface area (Å²) < 4.78 is 11.9. The van der Waals surface area contributed by atoms with Gasteiger partial charge in [0.1, 0.15) is 6.61 Å². The molecule has 19 heavy (non-hydrogen) atoms. The minimum Gasteiger partial charge on any atom is -0.490 e. The van der Waals surface area contributed by atoms with Gasteiger partial charge in [0, 0.05) is 12.6 Å². The normalized spacial score (nSPS) is 10.8. The molecule has 1 aromatic carbocycles. The van der Waals surface area contributed by atoms with Crippen molar-refractivity contribution in [3.05, 3.63) is 22.2 Å². The number of aliphatic hydroxyl groups excluding tert-OH is 1. The Labute approximate surface area is 123 Å². The van der Waals surface area contributed by atoms with Gasteiger partial charge in [-0.25, -0.2) is 0 Å². The van der Waals surface area contributed by atoms with Crippen molar-refractivity contribution in [2.75, 3.05) is 19.8 Å². The highest BCUT2D eigenvalue weighted by Crippen LogP contribution is 2.36. The Balaban J connectivity index is 2.92. The van der Waals surface area contributed by atoms with Crippen LogP contribution >= 0.6 is 15.9 Å². The van der Waals surface area contributed by atoms with Gasteiger partial charge in [0.05, 0.1) is 17.7 Å². The van der Waals surface area contributed by atoms with Gasteiger partial charge >= 0.3 is 0 Å². The first-order valence-electron chi connectivity index (χ1n) is 6.50. The SMILES string of the molecule is CCOc1cc(CNC(C)C)cc(Br)c1OCCO. The second-order valence-corrected chi connectivity index (χ2v) is 5.30. The second-order valence-electron chi connectivity index (χ2n) is 4.45. The molecule has 0 aliphatic heterocycles. The summed E-state index contributed by atoms with van der Waals surface area (Å²) in [6, 6.07) is 4.40. The van der Waals surface area contributed by atoms with Crippen LogP contribution in [0, 0.1) is 0 Å². The van der Waals surface area contributed by atoms with Gasteiger partial charge in [0.2, 0.25) is 0 Å². The van der Waals surface area contributed by atoms with E-state index in [1.165, 1.54) is 0 Å². The van der Waals surface area contributed by atoms with Crippen molar-refractivity contribution < 1.29 is 14.6 Å². The Hall–Kier alpha value is -0.780. The van der Waals surface area contributed by atoms with E-state index in [-0.39, 0.29) is 13.2 Å². The van der Waals surface area contributed by atoms with Gasteiger partial charge in [-0.1, -0.05) is 13.8 Å². The van der Waals surface area contributed by atoms with Gasteiger partial charge in [-0.2, -0.15) is 0 Å². The number of halogens is 1. The van der Waals surface area contributed by atoms with E-state index in [1.807, 2.05) is 19.1 Å². The molecule has 0 aliphatic carbocycles. The van der Waals surface area contributed by atoms with Crippen LogP contribution in [0.25, 0.3) is 0 Å². The van der Waals surface area contributed by atoms with Crippen LogP contribution in [0.4, 0.5) is 0 Å². The van der Waals surface area contributed by atoms with Crippen molar-refractivity contribution in [3.8, 4) is 11.5 Å². The van der Waals surface area contributed by atoms with Crippen molar-refractivity contribution in [3.63, 3.8) is 0 Å². The Morgan fingerprint density at radius 1 is 1.32 bits per heavy atom. The molecule has 1 aromatic rings. The third-order valence-corrected chi connectivity index (χ3v) is 3.01. The number of hydrogen-bond acceptors (Lipinski definition) is 4. The molecule has 4 nitrogen and oxygen atoms in total. The molecule has 0 fully saturated rings. The van der Waals surface area contributed by atoms with E-state index in [9.17, 15) is 0 Å². The van der Waals surface area contributed by atoms with E-state index < -0.39 is 0 Å². The molecule has 0 saturated heterocycles. The number of ether oxygens (including phenoxy) is 2. The van der Waals surface area contributed by atoms with Gasteiger partial charge in [0.15, 0.2) is 11.5 Å². The molecule has 5 heteroatoms. The first-order valence-corrected chi connectivity index (χ1v) is 7.30. The smallest absolute Gasteiger partial charge is 0.175 e. The lowest BCUT2D eigenvalue weighted by Gasteiger charge is -2.16. The number of rotatable bonds is 8. The van der Waals surface area contributed by atoms with Crippen molar-refractivity contribution in [2.24, 2.45) is 0 Å². The molecule has 0 amide bonds. The molecule has 108 valence electrons. The Morgan fingerprint density at radius 3 is 2.63 bits per heavy atom. The molecule has 0 heterocycles. The summed E-state index contributed by atoms with van der Waals surface area (Å²) in [6.07, 6.45) is 0. The molecule has 0 bridgehead atoms. The zero-order valence-electron chi connectivity index (χ0n) is 11.7. The minimum atomic E-state index is -0.0192. The molecule has 0 spiro atoms. The van der Waals surface area contributed by atoms with Crippen molar-refractivity contribution >= 4 is 15.9 Å². The number of hydrogen-bond donors (Lipinski definition) is 2. The predicted molar refractivity (Wildman–Crippen MR) is 79.9 cm³/mol. The monoisotopic (exact) mass is 331 g/mol. The average Bonchev–Trinajstić information content (AvgIpc) is 2.36. The number of nitrogens with one attached hydrogen (secondary N) is 1. The quantitative estimate of drug-likeness (QED) is 0.769. The fraction of sp³-hybridized carbons (Fsp3) is 0.571. The van der Waals surface area contributed by atoms with E-state index in [2.05, 4.69) is 35.1 Å². The van der Waals surface area contributed by atoms with Crippen molar-refractivity contribution in [1.29, 1.82) is 0 Å². The maximum Gasteiger partial charge on any atom is 0.175 e. The maximum atomic E-state index is 8.85. The Morgan fingerprint density at radius 2 is 2.05 bits per heavy atom. The molecule has 0 unspecified atom stereocenters. The van der Waals surface area contributed by atoms with Crippen LogP contribution in [0.5, 0.6) is 11.5 Å². The highest BCUT2D eigenvalue weighted by atomic mass is 79.9. The average molecular weight is 332 g/mol. The first kappa shape index (κ1) is 16.3. The molecule has 1 rings (SSSR count). The highest BCUT2D eigenvalue weighted by molar-refractivity contribution is 9.10. The van der Waals surface area contributed by atoms with Crippen LogP contribution in [-0.4, -0.2) is 31.0 Å². The fourth-order valence-electron chi connectivity index (χ4n) is 1.60. The van der Waals surface area contributed by atoms with E-state index in [1.54, 1.807) is 0 Å². The molecular weight excluding hydrogens is 310 g/mol. The van der Waals surface area contributed by atoms with Crippen LogP contribution in [0.2, 0.25) is 0 Å². The third-order valence-electron chi connectivity index (χ3n) is 2.42. The van der Waals surface area contributed by atoms with Crippen molar-refractivity contribution in [1.82, 2.24) is 5.32 Å². The second kappa shape index (κ2) is 8.40. The zero-order chi connectivity index (χ0) is 14.3. The number of benzene rings is 1. The molecule has 2 N–H and O–H groups in total. The van der Waals surface area contributed by atoms with Crippen LogP contribution in [0.15, 0.2) is 16.6 Å². The van der Waals surface area contributed by atoms with Crippen LogP contribution in [-0.2, 0) is 6.54 Å². The van der Waals surface area contributed by atoms with Gasteiger partial charge in [0.25, 0.3) is 0 Å². The molecule has 0 radical (unpaired) electrons. The molecule has 0 aromatic heterocycles. The van der Waals surface area contributed by atoms with E-state index in [4.69, 9.17) is 14.6 Å². The van der Waals surface area contributed by atoms with E-state index in [0.717, 1.165) is 16.6 Å². The highest BCUT2D eigenvalue weighted by Gasteiger charge is 2.12. The summed E-state index contributed by atoms with van der Waals surface area (Å²) in [5, 5.41) is 12.2. The summed E-state index contributed by atoms with van der Waals surface area (Å²) in [5.74, 6) is 1.34. The Bertz CT molecular complexity index is 397. The predicted octanol–water partition coefficient (Wildman–Crippen LogP) is 2.72.